The smallest absolute Gasteiger partial charge is 0.386 e. The lowest BCUT2D eigenvalue weighted by Gasteiger charge is -2.08. The van der Waals surface area contributed by atoms with Crippen molar-refractivity contribution in [3.63, 3.8) is 0 Å². The fourth-order valence-electron chi connectivity index (χ4n) is 2.79. The van der Waals surface area contributed by atoms with Gasteiger partial charge in [-0.1, -0.05) is 6.07 Å². The Balaban J connectivity index is 1.68. The summed E-state index contributed by atoms with van der Waals surface area (Å²) >= 11 is 0. The second kappa shape index (κ2) is 7.96. The van der Waals surface area contributed by atoms with Crippen molar-refractivity contribution in [2.75, 3.05) is 5.32 Å². The van der Waals surface area contributed by atoms with Gasteiger partial charge < -0.3 is 9.73 Å². The van der Waals surface area contributed by atoms with Crippen LogP contribution in [0.15, 0.2) is 51.8 Å². The third kappa shape index (κ3) is 4.22. The van der Waals surface area contributed by atoms with Gasteiger partial charge in [0.2, 0.25) is 0 Å². The first-order valence-corrected chi connectivity index (χ1v) is 8.98. The molecule has 14 heteroatoms. The maximum Gasteiger partial charge on any atom is 0.437 e. The van der Waals surface area contributed by atoms with E-state index in [0.717, 1.165) is 33.8 Å². The average Bonchev–Trinajstić information content (AvgIpc) is 3.32. The number of amides is 1. The van der Waals surface area contributed by atoms with Crippen LogP contribution in [0.25, 0.3) is 17.4 Å². The Morgan fingerprint density at radius 1 is 1.09 bits per heavy atom. The van der Waals surface area contributed by atoms with E-state index in [2.05, 4.69) is 20.5 Å². The van der Waals surface area contributed by atoms with Crippen molar-refractivity contribution in [1.29, 1.82) is 0 Å². The van der Waals surface area contributed by atoms with Crippen molar-refractivity contribution in [1.82, 2.24) is 24.5 Å². The molecule has 0 aliphatic heterocycles. The number of anilines is 1. The van der Waals surface area contributed by atoms with Crippen LogP contribution in [0.4, 0.5) is 27.6 Å². The Hall–Kier alpha value is -4.36. The number of aromatic nitrogens is 5. The monoisotopic (exact) mass is 466 g/mol. The number of carbonyl (C=O) groups is 1. The second-order valence-electron chi connectivity index (χ2n) is 6.58. The number of pyridine rings is 1. The molecule has 0 fully saturated rings. The quantitative estimate of drug-likeness (QED) is 0.463. The third-order valence-corrected chi connectivity index (χ3v) is 4.32. The minimum absolute atomic E-state index is 0.000483. The highest BCUT2D eigenvalue weighted by Crippen LogP contribution is 2.32. The molecule has 0 spiro atoms. The largest absolute Gasteiger partial charge is 0.437 e. The molecule has 0 radical (unpaired) electrons. The molecule has 0 saturated heterocycles. The molecule has 9 nitrogen and oxygen atoms in total. The number of benzene rings is 1. The van der Waals surface area contributed by atoms with Gasteiger partial charge in [0.1, 0.15) is 22.9 Å². The van der Waals surface area contributed by atoms with Crippen molar-refractivity contribution in [2.45, 2.75) is 6.18 Å². The molecule has 1 N–H and O–H groups in total. The Morgan fingerprint density at radius 3 is 2.33 bits per heavy atom. The zero-order valence-electron chi connectivity index (χ0n) is 16.4. The third-order valence-electron chi connectivity index (χ3n) is 4.32. The number of halogens is 5. The van der Waals surface area contributed by atoms with Gasteiger partial charge in [0, 0.05) is 13.1 Å². The normalized spacial score (nSPS) is 11.6. The summed E-state index contributed by atoms with van der Waals surface area (Å²) in [7, 11) is 1.24. The molecular formula is C19H11F5N6O3. The summed E-state index contributed by atoms with van der Waals surface area (Å²) in [5.74, 6) is -4.72. The van der Waals surface area contributed by atoms with Gasteiger partial charge in [-0.25, -0.2) is 23.2 Å². The Morgan fingerprint density at radius 2 is 1.79 bits per heavy atom. The van der Waals surface area contributed by atoms with Gasteiger partial charge in [0.15, 0.2) is 11.5 Å². The number of nitrogens with zero attached hydrogens (tertiary/aromatic N) is 5. The molecule has 0 saturated carbocycles. The van der Waals surface area contributed by atoms with Crippen LogP contribution in [0.2, 0.25) is 0 Å². The SMILES string of the molecule is Cn1nc(-c2cc(C(F)(F)F)nn2-c2ccc(NC(=O)c3c(F)cccc3F)cn2)oc1=O. The van der Waals surface area contributed by atoms with E-state index in [4.69, 9.17) is 4.42 Å². The second-order valence-corrected chi connectivity index (χ2v) is 6.58. The molecule has 0 aliphatic carbocycles. The molecule has 3 aromatic heterocycles. The van der Waals surface area contributed by atoms with Crippen LogP contribution in [0, 0.1) is 11.6 Å². The van der Waals surface area contributed by atoms with Crippen molar-refractivity contribution >= 4 is 11.6 Å². The number of hydrogen-bond donors (Lipinski definition) is 1. The molecule has 4 aromatic rings. The Bertz CT molecular complexity index is 1380. The summed E-state index contributed by atoms with van der Waals surface area (Å²) in [6.07, 6.45) is -3.77. The molecule has 1 amide bonds. The van der Waals surface area contributed by atoms with Crippen LogP contribution in [0.3, 0.4) is 0 Å². The van der Waals surface area contributed by atoms with Gasteiger partial charge in [-0.05, 0) is 24.3 Å². The van der Waals surface area contributed by atoms with Crippen LogP contribution in [0.5, 0.6) is 0 Å². The number of aryl methyl sites for hydroxylation is 1. The van der Waals surface area contributed by atoms with Crippen molar-refractivity contribution in [2.24, 2.45) is 7.05 Å². The fraction of sp³-hybridized carbons (Fsp3) is 0.105. The van der Waals surface area contributed by atoms with Gasteiger partial charge in [-0.2, -0.15) is 23.0 Å². The molecule has 33 heavy (non-hydrogen) atoms. The lowest BCUT2D eigenvalue weighted by atomic mass is 10.2. The summed E-state index contributed by atoms with van der Waals surface area (Å²) in [4.78, 5) is 27.7. The summed E-state index contributed by atoms with van der Waals surface area (Å²) in [5, 5.41) is 9.42. The summed E-state index contributed by atoms with van der Waals surface area (Å²) in [6.45, 7) is 0. The van der Waals surface area contributed by atoms with E-state index in [1.165, 1.54) is 19.2 Å². The van der Waals surface area contributed by atoms with Crippen LogP contribution in [-0.2, 0) is 13.2 Å². The summed E-state index contributed by atoms with van der Waals surface area (Å²) < 4.78 is 73.5. The van der Waals surface area contributed by atoms with E-state index in [9.17, 15) is 31.5 Å². The predicted molar refractivity (Wildman–Crippen MR) is 101 cm³/mol. The van der Waals surface area contributed by atoms with Gasteiger partial charge in [-0.15, -0.1) is 5.10 Å². The number of alkyl halides is 3. The van der Waals surface area contributed by atoms with Gasteiger partial charge in [0.05, 0.1) is 11.9 Å². The van der Waals surface area contributed by atoms with Crippen LogP contribution in [0.1, 0.15) is 16.1 Å². The number of nitrogens with one attached hydrogen (secondary N) is 1. The molecule has 0 unspecified atom stereocenters. The van der Waals surface area contributed by atoms with Crippen molar-refractivity contribution in [3.8, 4) is 17.4 Å². The minimum atomic E-state index is -4.81. The molecule has 0 aliphatic rings. The highest BCUT2D eigenvalue weighted by molar-refractivity contribution is 6.04. The zero-order valence-corrected chi connectivity index (χ0v) is 16.4. The van der Waals surface area contributed by atoms with E-state index in [1.807, 2.05) is 0 Å². The summed E-state index contributed by atoms with van der Waals surface area (Å²) in [6, 6.07) is 5.96. The van der Waals surface area contributed by atoms with Crippen LogP contribution in [-0.4, -0.2) is 30.5 Å². The first-order valence-electron chi connectivity index (χ1n) is 8.98. The van der Waals surface area contributed by atoms with Crippen molar-refractivity contribution < 1.29 is 31.2 Å². The van der Waals surface area contributed by atoms with Crippen LogP contribution >= 0.6 is 0 Å². The molecule has 170 valence electrons. The molecule has 0 bridgehead atoms. The van der Waals surface area contributed by atoms with E-state index in [1.54, 1.807) is 0 Å². The van der Waals surface area contributed by atoms with Crippen molar-refractivity contribution in [3.05, 3.63) is 76.0 Å². The number of carbonyl (C=O) groups excluding carboxylic acids is 1. The first kappa shape index (κ1) is 21.9. The number of rotatable bonds is 4. The highest BCUT2D eigenvalue weighted by Gasteiger charge is 2.36. The zero-order chi connectivity index (χ0) is 23.9. The predicted octanol–water partition coefficient (Wildman–Crippen LogP) is 3.17. The fourth-order valence-corrected chi connectivity index (χ4v) is 2.79. The van der Waals surface area contributed by atoms with Crippen LogP contribution < -0.4 is 11.1 Å². The van der Waals surface area contributed by atoms with E-state index in [0.29, 0.717) is 6.07 Å². The van der Waals surface area contributed by atoms with E-state index >= 15 is 0 Å². The Labute approximate surface area is 180 Å². The van der Waals surface area contributed by atoms with E-state index in [-0.39, 0.29) is 17.2 Å². The lowest BCUT2D eigenvalue weighted by Crippen LogP contribution is -2.16. The maximum absolute atomic E-state index is 13.8. The molecule has 1 aromatic carbocycles. The van der Waals surface area contributed by atoms with E-state index < -0.39 is 46.6 Å². The summed E-state index contributed by atoms with van der Waals surface area (Å²) in [5.41, 5.74) is -2.41. The topological polar surface area (TPSA) is 108 Å². The average molecular weight is 466 g/mol. The van der Waals surface area contributed by atoms with Gasteiger partial charge >= 0.3 is 11.9 Å². The number of hydrogen-bond acceptors (Lipinski definition) is 6. The Kier molecular flexibility index (Phi) is 5.27. The molecule has 0 atom stereocenters. The molecule has 4 rings (SSSR count). The molecular weight excluding hydrogens is 455 g/mol. The maximum atomic E-state index is 13.8. The standard InChI is InChI=1S/C19H11F5N6O3/c1-29-18(32)33-17(28-29)12-7-13(19(22,23)24)27-30(12)14-6-5-9(8-25-14)26-16(31)15-10(20)3-2-4-11(15)21/h2-8H,1H3,(H,26,31). The van der Waals surface area contributed by atoms with Gasteiger partial charge in [-0.3, -0.25) is 4.79 Å². The molecule has 3 heterocycles. The lowest BCUT2D eigenvalue weighted by molar-refractivity contribution is -0.141. The van der Waals surface area contributed by atoms with Gasteiger partial charge in [0.25, 0.3) is 11.8 Å². The highest BCUT2D eigenvalue weighted by atomic mass is 19.4. The minimum Gasteiger partial charge on any atom is -0.386 e. The first-order chi connectivity index (χ1) is 15.5.